The van der Waals surface area contributed by atoms with E-state index in [0.717, 1.165) is 62.2 Å². The second-order valence-electron chi connectivity index (χ2n) is 10.2. The Bertz CT molecular complexity index is 670. The van der Waals surface area contributed by atoms with Gasteiger partial charge in [-0.15, -0.1) is 0 Å². The summed E-state index contributed by atoms with van der Waals surface area (Å²) in [5.74, 6) is 2.42. The fraction of sp³-hybridized carbons (Fsp3) is 0.783. The average Bonchev–Trinajstić information content (AvgIpc) is 2.69. The number of hydrogen-bond acceptors (Lipinski definition) is 6. The first-order chi connectivity index (χ1) is 14.2. The van der Waals surface area contributed by atoms with Crippen LogP contribution in [0.1, 0.15) is 73.1 Å². The van der Waals surface area contributed by atoms with Gasteiger partial charge in [0.25, 0.3) is 0 Å². The normalized spacial score (nSPS) is 23.3. The summed E-state index contributed by atoms with van der Waals surface area (Å²) in [6.45, 7) is 12.4. The zero-order valence-corrected chi connectivity index (χ0v) is 19.3. The molecule has 7 heteroatoms. The molecule has 0 atom stereocenters. The quantitative estimate of drug-likeness (QED) is 0.729. The highest BCUT2D eigenvalue weighted by Crippen LogP contribution is 2.27. The van der Waals surface area contributed by atoms with Crippen LogP contribution in [0.15, 0.2) is 12.4 Å². The molecule has 0 aromatic carbocycles. The number of aromatic nitrogens is 2. The van der Waals surface area contributed by atoms with Crippen molar-refractivity contribution < 1.29 is 9.53 Å². The van der Waals surface area contributed by atoms with E-state index in [0.29, 0.717) is 6.04 Å². The van der Waals surface area contributed by atoms with Gasteiger partial charge in [0.2, 0.25) is 5.95 Å². The molecule has 7 nitrogen and oxygen atoms in total. The molecular weight excluding hydrogens is 378 g/mol. The number of amides is 1. The topological polar surface area (TPSA) is 79.4 Å². The van der Waals surface area contributed by atoms with Gasteiger partial charge in [0.15, 0.2) is 0 Å². The predicted octanol–water partition coefficient (Wildman–Crippen LogP) is 4.60. The van der Waals surface area contributed by atoms with Gasteiger partial charge in [-0.25, -0.2) is 14.8 Å². The van der Waals surface area contributed by atoms with Crippen LogP contribution in [0.25, 0.3) is 0 Å². The van der Waals surface area contributed by atoms with Gasteiger partial charge in [0.1, 0.15) is 5.60 Å². The maximum Gasteiger partial charge on any atom is 0.407 e. The Morgan fingerprint density at radius 2 is 1.60 bits per heavy atom. The number of anilines is 2. The molecule has 168 valence electrons. The number of nitrogens with one attached hydrogen (secondary N) is 2. The second kappa shape index (κ2) is 9.84. The minimum Gasteiger partial charge on any atom is -0.444 e. The first-order valence-corrected chi connectivity index (χ1v) is 11.5. The van der Waals surface area contributed by atoms with E-state index in [-0.39, 0.29) is 12.1 Å². The summed E-state index contributed by atoms with van der Waals surface area (Å²) < 4.78 is 5.36. The summed E-state index contributed by atoms with van der Waals surface area (Å²) in [4.78, 5) is 23.5. The van der Waals surface area contributed by atoms with Crippen LogP contribution in [0.5, 0.6) is 0 Å². The van der Waals surface area contributed by atoms with Crippen molar-refractivity contribution in [2.24, 2.45) is 11.8 Å². The fourth-order valence-corrected chi connectivity index (χ4v) is 4.42. The van der Waals surface area contributed by atoms with Gasteiger partial charge < -0.3 is 20.3 Å². The Hall–Kier alpha value is -2.05. The standard InChI is InChI=1S/C23H39N5O2/c1-16(2)17-10-12-28(13-11-17)21-24-14-20(15-25-21)26-18-6-8-19(9-7-18)27-22(29)30-23(3,4)5/h14-19,26H,6-13H2,1-5H3,(H,27,29). The molecule has 3 rings (SSSR count). The van der Waals surface area contributed by atoms with Gasteiger partial charge in [-0.3, -0.25) is 0 Å². The van der Waals surface area contributed by atoms with Gasteiger partial charge in [0.05, 0.1) is 18.1 Å². The molecule has 0 bridgehead atoms. The molecule has 0 unspecified atom stereocenters. The monoisotopic (exact) mass is 417 g/mol. The van der Waals surface area contributed by atoms with Crippen LogP contribution in [0, 0.1) is 11.8 Å². The number of carbonyl (C=O) groups is 1. The van der Waals surface area contributed by atoms with E-state index in [9.17, 15) is 4.79 Å². The van der Waals surface area contributed by atoms with Crippen LogP contribution in [-0.4, -0.2) is 46.8 Å². The van der Waals surface area contributed by atoms with Crippen molar-refractivity contribution >= 4 is 17.7 Å². The number of rotatable bonds is 5. The lowest BCUT2D eigenvalue weighted by molar-refractivity contribution is 0.0492. The molecule has 1 saturated carbocycles. The van der Waals surface area contributed by atoms with Gasteiger partial charge >= 0.3 is 6.09 Å². The second-order valence-corrected chi connectivity index (χ2v) is 10.2. The molecule has 1 saturated heterocycles. The Balaban J connectivity index is 1.41. The number of ether oxygens (including phenoxy) is 1. The smallest absolute Gasteiger partial charge is 0.407 e. The Morgan fingerprint density at radius 3 is 2.13 bits per heavy atom. The minimum atomic E-state index is -0.459. The van der Waals surface area contributed by atoms with E-state index < -0.39 is 5.60 Å². The fourth-order valence-electron chi connectivity index (χ4n) is 4.42. The predicted molar refractivity (Wildman–Crippen MR) is 121 cm³/mol. The SMILES string of the molecule is CC(C)C1CCN(c2ncc(NC3CCC(NC(=O)OC(C)(C)C)CC3)cn2)CC1. The molecule has 0 radical (unpaired) electrons. The van der Waals surface area contributed by atoms with Gasteiger partial charge in [-0.05, 0) is 71.1 Å². The van der Waals surface area contributed by atoms with Crippen molar-refractivity contribution in [2.45, 2.75) is 90.8 Å². The van der Waals surface area contributed by atoms with Crippen molar-refractivity contribution in [1.29, 1.82) is 0 Å². The highest BCUT2D eigenvalue weighted by molar-refractivity contribution is 5.68. The molecule has 1 aromatic rings. The molecule has 2 heterocycles. The molecule has 2 fully saturated rings. The van der Waals surface area contributed by atoms with E-state index in [2.05, 4.69) is 39.3 Å². The molecule has 30 heavy (non-hydrogen) atoms. The van der Waals surface area contributed by atoms with E-state index in [1.165, 1.54) is 12.8 Å². The molecule has 1 amide bonds. The zero-order chi connectivity index (χ0) is 21.7. The Kier molecular flexibility index (Phi) is 7.42. The van der Waals surface area contributed by atoms with Gasteiger partial charge in [0, 0.05) is 25.2 Å². The lowest BCUT2D eigenvalue weighted by Gasteiger charge is -2.34. The van der Waals surface area contributed by atoms with E-state index >= 15 is 0 Å². The third kappa shape index (κ3) is 6.74. The first kappa shape index (κ1) is 22.6. The highest BCUT2D eigenvalue weighted by Gasteiger charge is 2.25. The maximum atomic E-state index is 11.9. The summed E-state index contributed by atoms with van der Waals surface area (Å²) in [5, 5.41) is 6.55. The number of hydrogen-bond donors (Lipinski definition) is 2. The van der Waals surface area contributed by atoms with Crippen LogP contribution in [0.3, 0.4) is 0 Å². The lowest BCUT2D eigenvalue weighted by atomic mass is 9.87. The van der Waals surface area contributed by atoms with Crippen molar-refractivity contribution in [3.05, 3.63) is 12.4 Å². The lowest BCUT2D eigenvalue weighted by Crippen LogP contribution is -2.42. The van der Waals surface area contributed by atoms with Crippen LogP contribution < -0.4 is 15.5 Å². The molecule has 2 aliphatic rings. The van der Waals surface area contributed by atoms with E-state index in [4.69, 9.17) is 4.74 Å². The van der Waals surface area contributed by atoms with E-state index in [1.54, 1.807) is 0 Å². The molecule has 1 aliphatic heterocycles. The zero-order valence-electron chi connectivity index (χ0n) is 19.3. The van der Waals surface area contributed by atoms with Crippen LogP contribution in [0.4, 0.5) is 16.4 Å². The Labute approximate surface area is 181 Å². The Morgan fingerprint density at radius 1 is 1.03 bits per heavy atom. The third-order valence-electron chi connectivity index (χ3n) is 6.22. The summed E-state index contributed by atoms with van der Waals surface area (Å²) in [5.41, 5.74) is 0.513. The van der Waals surface area contributed by atoms with Crippen molar-refractivity contribution in [3.63, 3.8) is 0 Å². The third-order valence-corrected chi connectivity index (χ3v) is 6.22. The summed E-state index contributed by atoms with van der Waals surface area (Å²) >= 11 is 0. The maximum absolute atomic E-state index is 11.9. The minimum absolute atomic E-state index is 0.185. The number of piperidine rings is 1. The van der Waals surface area contributed by atoms with Crippen molar-refractivity contribution in [2.75, 3.05) is 23.3 Å². The number of nitrogens with zero attached hydrogens (tertiary/aromatic N) is 3. The van der Waals surface area contributed by atoms with Crippen molar-refractivity contribution in [1.82, 2.24) is 15.3 Å². The van der Waals surface area contributed by atoms with Crippen LogP contribution in [-0.2, 0) is 4.74 Å². The summed E-state index contributed by atoms with van der Waals surface area (Å²) in [7, 11) is 0. The number of alkyl carbamates (subject to hydrolysis) is 1. The first-order valence-electron chi connectivity index (χ1n) is 11.5. The van der Waals surface area contributed by atoms with Crippen LogP contribution >= 0.6 is 0 Å². The molecule has 2 N–H and O–H groups in total. The highest BCUT2D eigenvalue weighted by atomic mass is 16.6. The van der Waals surface area contributed by atoms with Crippen LogP contribution in [0.2, 0.25) is 0 Å². The van der Waals surface area contributed by atoms with E-state index in [1.807, 2.05) is 33.2 Å². The molecule has 1 aromatic heterocycles. The van der Waals surface area contributed by atoms with Gasteiger partial charge in [-0.1, -0.05) is 13.8 Å². The summed E-state index contributed by atoms with van der Waals surface area (Å²) in [6, 6.07) is 0.572. The number of carbonyl (C=O) groups excluding carboxylic acids is 1. The summed E-state index contributed by atoms with van der Waals surface area (Å²) in [6.07, 6.45) is 9.84. The molecular formula is C23H39N5O2. The van der Waals surface area contributed by atoms with Crippen molar-refractivity contribution in [3.8, 4) is 0 Å². The average molecular weight is 418 g/mol. The van der Waals surface area contributed by atoms with Gasteiger partial charge in [-0.2, -0.15) is 0 Å². The molecule has 1 aliphatic carbocycles. The molecule has 0 spiro atoms. The largest absolute Gasteiger partial charge is 0.444 e.